The Bertz CT molecular complexity index is 842. The van der Waals surface area contributed by atoms with Crippen LogP contribution in [-0.2, 0) is 12.0 Å². The fourth-order valence-electron chi connectivity index (χ4n) is 2.97. The number of Topliss-reactive ketones (excluding diaryl/α,β-unsaturated/α-hetero) is 1. The van der Waals surface area contributed by atoms with Crippen molar-refractivity contribution in [2.24, 2.45) is 10.7 Å². The number of amidine groups is 1. The molecule has 0 radical (unpaired) electrons. The van der Waals surface area contributed by atoms with E-state index in [-0.39, 0.29) is 31.8 Å². The zero-order valence-electron chi connectivity index (χ0n) is 15.2. The molecule has 2 N–H and O–H groups in total. The van der Waals surface area contributed by atoms with E-state index in [1.807, 2.05) is 24.3 Å². The lowest BCUT2D eigenvalue weighted by atomic mass is 9.88. The van der Waals surface area contributed by atoms with Crippen molar-refractivity contribution in [3.8, 4) is 5.75 Å². The molecule has 0 amide bonds. The van der Waals surface area contributed by atoms with Gasteiger partial charge < -0.3 is 10.5 Å². The van der Waals surface area contributed by atoms with E-state index in [4.69, 9.17) is 10.5 Å². The van der Waals surface area contributed by atoms with Crippen molar-refractivity contribution in [3.63, 3.8) is 0 Å². The van der Waals surface area contributed by atoms with Crippen LogP contribution >= 0.6 is 11.8 Å². The summed E-state index contributed by atoms with van der Waals surface area (Å²) in [6.07, 6.45) is 2.59. The number of hydrogen-bond acceptors (Lipinski definition) is 6. The van der Waals surface area contributed by atoms with Gasteiger partial charge in [-0.1, -0.05) is 43.5 Å². The van der Waals surface area contributed by atoms with Crippen LogP contribution in [0.3, 0.4) is 0 Å². The predicted molar refractivity (Wildman–Crippen MR) is 113 cm³/mol. The molecule has 0 fully saturated rings. The number of carbonyl (C=O) groups is 1. The molecule has 7 heteroatoms. The van der Waals surface area contributed by atoms with Gasteiger partial charge in [0.15, 0.2) is 11.0 Å². The minimum atomic E-state index is -0.565. The molecule has 1 atom stereocenters. The van der Waals surface area contributed by atoms with Crippen molar-refractivity contribution in [3.05, 3.63) is 59.4 Å². The molecule has 0 aliphatic carbocycles. The number of ether oxygens (including phenoxy) is 1. The summed E-state index contributed by atoms with van der Waals surface area (Å²) >= 11 is 1.57. The fraction of sp³-hybridized carbons (Fsp3) is 0.381. The number of pyridine rings is 1. The average molecular weight is 404 g/mol. The highest BCUT2D eigenvalue weighted by Crippen LogP contribution is 2.35. The van der Waals surface area contributed by atoms with Crippen LogP contribution < -0.4 is 10.5 Å². The molecule has 1 aliphatic rings. The lowest BCUT2D eigenvalue weighted by Gasteiger charge is -2.30. The molecule has 2 aromatic rings. The topological polar surface area (TPSA) is 77.6 Å². The highest BCUT2D eigenvalue weighted by molar-refractivity contribution is 8.13. The van der Waals surface area contributed by atoms with Crippen LogP contribution in [0.4, 0.5) is 4.39 Å². The van der Waals surface area contributed by atoms with Gasteiger partial charge in [0.05, 0.1) is 11.7 Å². The number of alkyl halides is 1. The maximum absolute atomic E-state index is 12.5. The second-order valence-corrected chi connectivity index (χ2v) is 7.65. The number of ketones is 1. The quantitative estimate of drug-likeness (QED) is 0.703. The summed E-state index contributed by atoms with van der Waals surface area (Å²) in [5.74, 6) is 1.29. The Morgan fingerprint density at radius 1 is 1.36 bits per heavy atom. The molecule has 28 heavy (non-hydrogen) atoms. The molecule has 0 spiro atoms. The van der Waals surface area contributed by atoms with Gasteiger partial charge >= 0.3 is 0 Å². The Morgan fingerprint density at radius 3 is 2.86 bits per heavy atom. The van der Waals surface area contributed by atoms with Crippen LogP contribution in [0.5, 0.6) is 5.75 Å². The van der Waals surface area contributed by atoms with E-state index < -0.39 is 6.67 Å². The summed E-state index contributed by atoms with van der Waals surface area (Å²) in [6, 6.07) is 11.1. The van der Waals surface area contributed by atoms with Gasteiger partial charge in [0.1, 0.15) is 24.7 Å². The number of hydrogen-bond donors (Lipinski definition) is 1. The third kappa shape index (κ3) is 5.32. The molecule has 150 valence electrons. The average Bonchev–Trinajstić information content (AvgIpc) is 2.67. The van der Waals surface area contributed by atoms with E-state index in [0.29, 0.717) is 16.6 Å². The zero-order chi connectivity index (χ0) is 19.3. The first-order valence-electron chi connectivity index (χ1n) is 8.76. The summed E-state index contributed by atoms with van der Waals surface area (Å²) < 4.78 is 17.3. The van der Waals surface area contributed by atoms with Crippen LogP contribution in [0, 0.1) is 0 Å². The molecule has 1 aromatic heterocycles. The van der Waals surface area contributed by atoms with Crippen LogP contribution in [0.25, 0.3) is 0 Å². The summed E-state index contributed by atoms with van der Waals surface area (Å²) in [4.78, 5) is 21.3. The fourth-order valence-corrected chi connectivity index (χ4v) is 3.95. The highest BCUT2D eigenvalue weighted by Gasteiger charge is 2.29. The first-order chi connectivity index (χ1) is 13.0. The number of halogens is 1. The van der Waals surface area contributed by atoms with Gasteiger partial charge in [0, 0.05) is 12.2 Å². The van der Waals surface area contributed by atoms with Gasteiger partial charge in [-0.3, -0.25) is 9.79 Å². The number of nitrogens with two attached hydrogens (primary N) is 1. The number of rotatable bonds is 7. The predicted octanol–water partition coefficient (Wildman–Crippen LogP) is 4.16. The molecule has 5 nitrogen and oxygen atoms in total. The molecule has 0 bridgehead atoms. The summed E-state index contributed by atoms with van der Waals surface area (Å²) in [6.45, 7) is 1.48. The Morgan fingerprint density at radius 2 is 2.18 bits per heavy atom. The van der Waals surface area contributed by atoms with Crippen LogP contribution in [-0.4, -0.2) is 35.0 Å². The number of aliphatic imine (C=N–C) groups is 1. The number of carbonyl (C=O) groups excluding carboxylic acids is 1. The Hall–Kier alpha value is -2.41. The zero-order valence-corrected chi connectivity index (χ0v) is 16.0. The monoisotopic (exact) mass is 403 g/mol. The Balaban J connectivity index is 0.00000280. The third-order valence-corrected chi connectivity index (χ3v) is 5.27. The number of aromatic nitrogens is 1. The molecule has 0 saturated heterocycles. The minimum absolute atomic E-state index is 0. The summed E-state index contributed by atoms with van der Waals surface area (Å²) in [7, 11) is 0. The highest BCUT2D eigenvalue weighted by atomic mass is 32.2. The Labute approximate surface area is 169 Å². The normalized spacial score (nSPS) is 18.7. The second-order valence-electron chi connectivity index (χ2n) is 6.54. The van der Waals surface area contributed by atoms with E-state index in [1.165, 1.54) is 6.20 Å². The van der Waals surface area contributed by atoms with E-state index >= 15 is 0 Å². The smallest absolute Gasteiger partial charge is 0.185 e. The first kappa shape index (κ1) is 21.9. The Kier molecular flexibility index (Phi) is 7.57. The van der Waals surface area contributed by atoms with E-state index in [9.17, 15) is 9.18 Å². The molecule has 1 aliphatic heterocycles. The van der Waals surface area contributed by atoms with Gasteiger partial charge in [0.25, 0.3) is 0 Å². The molecular weight excluding hydrogens is 377 g/mol. The van der Waals surface area contributed by atoms with Crippen molar-refractivity contribution < 1.29 is 13.9 Å². The van der Waals surface area contributed by atoms with Gasteiger partial charge in [-0.05, 0) is 36.6 Å². The van der Waals surface area contributed by atoms with Crippen molar-refractivity contribution in [1.29, 1.82) is 0 Å². The van der Waals surface area contributed by atoms with Gasteiger partial charge in [-0.2, -0.15) is 0 Å². The maximum atomic E-state index is 12.5. The lowest BCUT2D eigenvalue weighted by molar-refractivity contribution is 0.0988. The number of thioether (sulfide) groups is 1. The molecule has 0 unspecified atom stereocenters. The molecule has 3 rings (SSSR count). The summed E-state index contributed by atoms with van der Waals surface area (Å²) in [5, 5.41) is 0.601. The standard InChI is InChI=1S/C20H22FN3O2S.CH4/c1-20(7-10-27-19(22)24-20)15-4-2-3-14(11-15)12-18(25)17-6-5-16(13-23-17)26-9-8-21;/h2-6,11,13H,7-10,12H2,1H3,(H2,22,24);1H4/t20-;/m0./s1. The largest absolute Gasteiger partial charge is 0.489 e. The third-order valence-electron chi connectivity index (χ3n) is 4.48. The van der Waals surface area contributed by atoms with Crippen molar-refractivity contribution in [2.75, 3.05) is 19.0 Å². The first-order valence-corrected chi connectivity index (χ1v) is 9.74. The van der Waals surface area contributed by atoms with E-state index in [2.05, 4.69) is 16.9 Å². The minimum Gasteiger partial charge on any atom is -0.489 e. The van der Waals surface area contributed by atoms with Crippen LogP contribution in [0.15, 0.2) is 47.6 Å². The van der Waals surface area contributed by atoms with E-state index in [0.717, 1.165) is 23.3 Å². The maximum Gasteiger partial charge on any atom is 0.185 e. The van der Waals surface area contributed by atoms with Gasteiger partial charge in [-0.25, -0.2) is 9.37 Å². The molecule has 2 heterocycles. The van der Waals surface area contributed by atoms with Crippen molar-refractivity contribution >= 4 is 22.7 Å². The van der Waals surface area contributed by atoms with Crippen molar-refractivity contribution in [2.45, 2.75) is 32.7 Å². The van der Waals surface area contributed by atoms with Crippen molar-refractivity contribution in [1.82, 2.24) is 4.98 Å². The molecule has 1 aromatic carbocycles. The number of nitrogens with zero attached hydrogens (tertiary/aromatic N) is 2. The van der Waals surface area contributed by atoms with E-state index in [1.54, 1.807) is 23.9 Å². The number of benzene rings is 1. The van der Waals surface area contributed by atoms with Gasteiger partial charge in [-0.15, -0.1) is 0 Å². The van der Waals surface area contributed by atoms with Crippen LogP contribution in [0.1, 0.15) is 42.4 Å². The SMILES string of the molecule is C.C[C@@]1(c2cccc(CC(=O)c3ccc(OCCF)cn3)c2)CCSC(N)=N1. The molecular formula is C21H26FN3O2S. The summed E-state index contributed by atoms with van der Waals surface area (Å²) in [5.41, 5.74) is 7.86. The second kappa shape index (κ2) is 9.68. The molecule has 0 saturated carbocycles. The van der Waals surface area contributed by atoms with Gasteiger partial charge in [0.2, 0.25) is 0 Å². The lowest BCUT2D eigenvalue weighted by Crippen LogP contribution is -2.28. The van der Waals surface area contributed by atoms with Crippen LogP contribution in [0.2, 0.25) is 0 Å².